The molecule has 0 aliphatic heterocycles. The zero-order valence-corrected chi connectivity index (χ0v) is 16.1. The van der Waals surface area contributed by atoms with E-state index in [2.05, 4.69) is 25.9 Å². The number of aromatic amines is 1. The van der Waals surface area contributed by atoms with E-state index in [1.165, 1.54) is 19.4 Å². The van der Waals surface area contributed by atoms with Crippen LogP contribution in [0.2, 0.25) is 0 Å². The number of carbonyl (C=O) groups excluding carboxylic acids is 3. The highest BCUT2D eigenvalue weighted by Gasteiger charge is 2.30. The molecule has 0 radical (unpaired) electrons. The van der Waals surface area contributed by atoms with Crippen LogP contribution in [-0.2, 0) is 30.4 Å². The SMILES string of the molecule is C[C@H](NC(=O)CC(N)N)C(=O)N[C@@H](CC(=O)O)C(=O)N[C@@H](Cc1cnc[nH]1)C(=O)O. The minimum Gasteiger partial charge on any atom is -0.481 e. The number of H-pyrrole nitrogens is 1. The summed E-state index contributed by atoms with van der Waals surface area (Å²) in [6.45, 7) is 1.31. The van der Waals surface area contributed by atoms with Crippen LogP contribution < -0.4 is 27.4 Å². The summed E-state index contributed by atoms with van der Waals surface area (Å²) < 4.78 is 0. The fourth-order valence-corrected chi connectivity index (χ4v) is 2.35. The number of nitrogens with zero attached hydrogens (tertiary/aromatic N) is 1. The number of nitrogens with two attached hydrogens (primary N) is 2. The van der Waals surface area contributed by atoms with Crippen LogP contribution in [0.15, 0.2) is 12.5 Å². The molecule has 3 atom stereocenters. The van der Waals surface area contributed by atoms with Gasteiger partial charge in [0, 0.05) is 18.3 Å². The molecular formula is C16H25N7O7. The van der Waals surface area contributed by atoms with Crippen LogP contribution >= 0.6 is 0 Å². The number of carboxylic acids is 2. The molecule has 0 spiro atoms. The van der Waals surface area contributed by atoms with E-state index < -0.39 is 60.4 Å². The number of carboxylic acid groups (broad SMARTS) is 2. The Hall–Kier alpha value is -3.52. The summed E-state index contributed by atoms with van der Waals surface area (Å²) in [7, 11) is 0. The van der Waals surface area contributed by atoms with Crippen LogP contribution in [0, 0.1) is 0 Å². The van der Waals surface area contributed by atoms with E-state index in [1.807, 2.05) is 0 Å². The zero-order chi connectivity index (χ0) is 22.8. The third-order valence-electron chi connectivity index (χ3n) is 3.80. The number of aromatic nitrogens is 2. The molecule has 1 heterocycles. The van der Waals surface area contributed by atoms with Crippen molar-refractivity contribution in [2.24, 2.45) is 11.5 Å². The fourth-order valence-electron chi connectivity index (χ4n) is 2.35. The van der Waals surface area contributed by atoms with Gasteiger partial charge in [-0.1, -0.05) is 0 Å². The lowest BCUT2D eigenvalue weighted by Crippen LogP contribution is -2.56. The number of hydrogen-bond donors (Lipinski definition) is 8. The Morgan fingerprint density at radius 1 is 1.03 bits per heavy atom. The van der Waals surface area contributed by atoms with E-state index >= 15 is 0 Å². The molecule has 1 aromatic rings. The molecule has 30 heavy (non-hydrogen) atoms. The number of amides is 3. The van der Waals surface area contributed by atoms with Crippen LogP contribution in [0.3, 0.4) is 0 Å². The minimum atomic E-state index is -1.57. The summed E-state index contributed by atoms with van der Waals surface area (Å²) in [5.74, 6) is -5.24. The Morgan fingerprint density at radius 2 is 1.67 bits per heavy atom. The predicted octanol–water partition coefficient (Wildman–Crippen LogP) is -3.38. The van der Waals surface area contributed by atoms with Crippen LogP contribution in [0.25, 0.3) is 0 Å². The molecule has 0 aliphatic carbocycles. The molecule has 0 aromatic carbocycles. The fraction of sp³-hybridized carbons (Fsp3) is 0.500. The van der Waals surface area contributed by atoms with Crippen LogP contribution in [0.5, 0.6) is 0 Å². The second-order valence-corrected chi connectivity index (χ2v) is 6.50. The maximum Gasteiger partial charge on any atom is 0.326 e. The highest BCUT2D eigenvalue weighted by molar-refractivity contribution is 5.95. The van der Waals surface area contributed by atoms with E-state index in [4.69, 9.17) is 16.6 Å². The van der Waals surface area contributed by atoms with Crippen molar-refractivity contribution in [1.29, 1.82) is 0 Å². The summed E-state index contributed by atoms with van der Waals surface area (Å²) in [6, 6.07) is -4.09. The Kier molecular flexibility index (Phi) is 9.38. The summed E-state index contributed by atoms with van der Waals surface area (Å²) in [5.41, 5.74) is 11.0. The maximum atomic E-state index is 12.4. The molecule has 166 valence electrons. The molecule has 1 aromatic heterocycles. The van der Waals surface area contributed by atoms with Crippen molar-refractivity contribution >= 4 is 29.7 Å². The monoisotopic (exact) mass is 427 g/mol. The zero-order valence-electron chi connectivity index (χ0n) is 16.1. The molecule has 0 saturated heterocycles. The normalized spacial score (nSPS) is 13.7. The standard InChI is InChI=1S/C16H25N7O7/c1-7(21-12(24)4-11(17)18)14(27)22-9(3-13(25)26)15(28)23-10(16(29)30)2-8-5-19-6-20-8/h5-7,9-11H,2-4,17-18H2,1H3,(H,19,20)(H,21,24)(H,22,27)(H,23,28)(H,25,26)(H,29,30)/t7-,9-,10-/m0/s1. The van der Waals surface area contributed by atoms with Crippen molar-refractivity contribution in [2.75, 3.05) is 0 Å². The van der Waals surface area contributed by atoms with E-state index in [-0.39, 0.29) is 12.8 Å². The summed E-state index contributed by atoms with van der Waals surface area (Å²) in [5, 5.41) is 25.0. The van der Waals surface area contributed by atoms with Crippen molar-refractivity contribution in [1.82, 2.24) is 25.9 Å². The van der Waals surface area contributed by atoms with E-state index in [9.17, 15) is 29.1 Å². The first-order chi connectivity index (χ1) is 14.0. The lowest BCUT2D eigenvalue weighted by Gasteiger charge is -2.22. The van der Waals surface area contributed by atoms with Gasteiger partial charge in [0.25, 0.3) is 0 Å². The molecule has 1 rings (SSSR count). The number of hydrogen-bond acceptors (Lipinski definition) is 8. The van der Waals surface area contributed by atoms with Crippen molar-refractivity contribution < 1.29 is 34.2 Å². The van der Waals surface area contributed by atoms with Gasteiger partial charge in [0.15, 0.2) is 0 Å². The summed E-state index contributed by atoms with van der Waals surface area (Å²) in [6.07, 6.45) is 0.592. The molecule has 0 fully saturated rings. The molecule has 0 aliphatic rings. The highest BCUT2D eigenvalue weighted by atomic mass is 16.4. The lowest BCUT2D eigenvalue weighted by atomic mass is 10.1. The maximum absolute atomic E-state index is 12.4. The molecule has 0 unspecified atom stereocenters. The smallest absolute Gasteiger partial charge is 0.326 e. The lowest BCUT2D eigenvalue weighted by molar-refractivity contribution is -0.143. The Morgan fingerprint density at radius 3 is 2.17 bits per heavy atom. The molecule has 0 saturated carbocycles. The van der Waals surface area contributed by atoms with Crippen LogP contribution in [0.4, 0.5) is 0 Å². The third-order valence-corrected chi connectivity index (χ3v) is 3.80. The van der Waals surface area contributed by atoms with E-state index in [0.717, 1.165) is 0 Å². The third kappa shape index (κ3) is 8.66. The number of carbonyl (C=O) groups is 5. The number of imidazole rings is 1. The number of nitrogens with one attached hydrogen (secondary N) is 4. The molecule has 10 N–H and O–H groups in total. The van der Waals surface area contributed by atoms with Gasteiger partial charge in [0.05, 0.1) is 25.3 Å². The molecule has 0 bridgehead atoms. The van der Waals surface area contributed by atoms with Crippen molar-refractivity contribution in [3.8, 4) is 0 Å². The minimum absolute atomic E-state index is 0.138. The average Bonchev–Trinajstić information content (AvgIpc) is 3.12. The molecule has 14 nitrogen and oxygen atoms in total. The summed E-state index contributed by atoms with van der Waals surface area (Å²) in [4.78, 5) is 65.3. The molecular weight excluding hydrogens is 402 g/mol. The molecule has 14 heteroatoms. The van der Waals surface area contributed by atoms with Gasteiger partial charge in [-0.15, -0.1) is 0 Å². The Labute approximate surface area is 170 Å². The van der Waals surface area contributed by atoms with Gasteiger partial charge >= 0.3 is 11.9 Å². The molecule has 3 amide bonds. The largest absolute Gasteiger partial charge is 0.481 e. The van der Waals surface area contributed by atoms with E-state index in [0.29, 0.717) is 5.69 Å². The first-order valence-electron chi connectivity index (χ1n) is 8.82. The quantitative estimate of drug-likeness (QED) is 0.154. The van der Waals surface area contributed by atoms with Gasteiger partial charge in [0.2, 0.25) is 17.7 Å². The van der Waals surface area contributed by atoms with Gasteiger partial charge in [-0.05, 0) is 6.92 Å². The van der Waals surface area contributed by atoms with Crippen LogP contribution in [0.1, 0.15) is 25.5 Å². The van der Waals surface area contributed by atoms with Gasteiger partial charge in [0.1, 0.15) is 18.1 Å². The van der Waals surface area contributed by atoms with Crippen molar-refractivity contribution in [3.05, 3.63) is 18.2 Å². The average molecular weight is 427 g/mol. The summed E-state index contributed by atoms with van der Waals surface area (Å²) >= 11 is 0. The van der Waals surface area contributed by atoms with Crippen molar-refractivity contribution in [2.45, 2.75) is 50.5 Å². The van der Waals surface area contributed by atoms with Crippen molar-refractivity contribution in [3.63, 3.8) is 0 Å². The van der Waals surface area contributed by atoms with Gasteiger partial charge in [-0.3, -0.25) is 19.2 Å². The Balaban J connectivity index is 2.79. The number of aliphatic carboxylic acids is 2. The van der Waals surface area contributed by atoms with E-state index in [1.54, 1.807) is 0 Å². The number of rotatable bonds is 12. The first kappa shape index (κ1) is 24.5. The van der Waals surface area contributed by atoms with Gasteiger partial charge < -0.3 is 42.6 Å². The van der Waals surface area contributed by atoms with Gasteiger partial charge in [-0.25, -0.2) is 9.78 Å². The van der Waals surface area contributed by atoms with Gasteiger partial charge in [-0.2, -0.15) is 0 Å². The highest BCUT2D eigenvalue weighted by Crippen LogP contribution is 2.02. The predicted molar refractivity (Wildman–Crippen MR) is 100 cm³/mol. The Bertz CT molecular complexity index is 766. The van der Waals surface area contributed by atoms with Crippen LogP contribution in [-0.4, -0.2) is 74.1 Å². The second kappa shape index (κ2) is 11.5. The second-order valence-electron chi connectivity index (χ2n) is 6.50. The topological polar surface area (TPSA) is 243 Å². The first-order valence-corrected chi connectivity index (χ1v) is 8.82.